The van der Waals surface area contributed by atoms with E-state index in [9.17, 15) is 97.4 Å². The number of ether oxygens (including phenoxy) is 1. The Morgan fingerprint density at radius 1 is 0.561 bits per heavy atom. The summed E-state index contributed by atoms with van der Waals surface area (Å²) in [6, 6.07) is 0. The Morgan fingerprint density at radius 3 is 1.27 bits per heavy atom. The quantitative estimate of drug-likeness (QED) is 0.144. The number of carbonyl (C=O) groups excluding carboxylic acids is 2. The molecule has 0 aromatic carbocycles. The van der Waals surface area contributed by atoms with E-state index in [1.54, 1.807) is 0 Å². The second-order valence-corrected chi connectivity index (χ2v) is 7.95. The Morgan fingerprint density at radius 2 is 0.951 bits per heavy atom. The molecule has 244 valence electrons. The molecule has 0 fully saturated rings. The third-order valence-corrected chi connectivity index (χ3v) is 5.24. The second kappa shape index (κ2) is 10.8. The molecule has 0 radical (unpaired) electrons. The minimum absolute atomic E-state index is 0.225. The van der Waals surface area contributed by atoms with Crippen LogP contribution in [0.3, 0.4) is 0 Å². The van der Waals surface area contributed by atoms with Gasteiger partial charge in [-0.3, -0.25) is 4.79 Å². The van der Waals surface area contributed by atoms with Gasteiger partial charge in [0, 0.05) is 26.4 Å². The molecule has 0 saturated carbocycles. The smallest absolute Gasteiger partial charge is 0.435 e. The Kier molecular flexibility index (Phi) is 10.2. The molecule has 4 nitrogen and oxygen atoms in total. The number of hydrogen-bond donors (Lipinski definition) is 1. The van der Waals surface area contributed by atoms with Crippen molar-refractivity contribution in [3.05, 3.63) is 0 Å². The zero-order valence-corrected chi connectivity index (χ0v) is 19.1. The lowest BCUT2D eigenvalue weighted by Gasteiger charge is -2.49. The summed E-state index contributed by atoms with van der Waals surface area (Å²) in [7, 11) is 0. The summed E-state index contributed by atoms with van der Waals surface area (Å²) in [5.74, 6) is -55.2. The van der Waals surface area contributed by atoms with Crippen molar-refractivity contribution in [1.29, 1.82) is 0 Å². The van der Waals surface area contributed by atoms with Gasteiger partial charge in [-0.1, -0.05) is 0 Å². The lowest BCUT2D eigenvalue weighted by molar-refractivity contribution is -0.470. The maximum atomic E-state index is 14.6. The molecule has 24 heteroatoms. The molecule has 0 spiro atoms. The standard InChI is InChI=1S/C17H12F20O4/c1-6(39)7(40)41-5-3-8(18,16(32,33)34)11(22,23)10(21,17(35,36)37)13(26,27)15(30,31)14(28,29)12(24,25)9(19,20)2-4-38/h38H,2-5H2,1H3. The van der Waals surface area contributed by atoms with Crippen molar-refractivity contribution in [1.82, 2.24) is 0 Å². The number of esters is 1. The first-order chi connectivity index (χ1) is 17.6. The first-order valence-corrected chi connectivity index (χ1v) is 9.70. The minimum Gasteiger partial charge on any atom is -0.460 e. The summed E-state index contributed by atoms with van der Waals surface area (Å²) in [6.07, 6.45) is -23.3. The van der Waals surface area contributed by atoms with Gasteiger partial charge in [0.25, 0.3) is 5.67 Å². The summed E-state index contributed by atoms with van der Waals surface area (Å²) < 4.78 is 278. The molecular weight excluding hydrogens is 648 g/mol. The fourth-order valence-corrected chi connectivity index (χ4v) is 2.83. The van der Waals surface area contributed by atoms with Crippen LogP contribution in [0.5, 0.6) is 0 Å². The predicted molar refractivity (Wildman–Crippen MR) is 87.4 cm³/mol. The monoisotopic (exact) mass is 660 g/mol. The van der Waals surface area contributed by atoms with Gasteiger partial charge in [-0.2, -0.15) is 79.0 Å². The Labute approximate surface area is 212 Å². The summed E-state index contributed by atoms with van der Waals surface area (Å²) in [5.41, 5.74) is -16.9. The summed E-state index contributed by atoms with van der Waals surface area (Å²) in [6.45, 7) is -4.83. The van der Waals surface area contributed by atoms with Gasteiger partial charge in [-0.15, -0.1) is 0 Å². The molecule has 0 amide bonds. The highest BCUT2D eigenvalue weighted by Gasteiger charge is 2.99. The molecule has 41 heavy (non-hydrogen) atoms. The molecule has 2 atom stereocenters. The second-order valence-electron chi connectivity index (χ2n) is 7.95. The molecule has 0 aromatic rings. The van der Waals surface area contributed by atoms with Crippen molar-refractivity contribution in [2.75, 3.05) is 13.2 Å². The molecular formula is C17H12F20O4. The SMILES string of the molecule is CC(=O)C(=O)OCCC(F)(C(F)(F)F)C(F)(F)C(F)(C(F)(F)F)C(F)(F)C(F)(F)C(F)(F)C(F)(F)C(F)(F)CCO. The normalized spacial score (nSPS) is 18.0. The molecule has 0 saturated heterocycles. The van der Waals surface area contributed by atoms with Crippen molar-refractivity contribution in [2.24, 2.45) is 0 Å². The first kappa shape index (κ1) is 38.7. The van der Waals surface area contributed by atoms with Gasteiger partial charge < -0.3 is 9.84 Å². The number of alkyl halides is 20. The number of ketones is 1. The highest BCUT2D eigenvalue weighted by atomic mass is 19.4. The van der Waals surface area contributed by atoms with E-state index in [2.05, 4.69) is 4.74 Å². The van der Waals surface area contributed by atoms with Crippen LogP contribution in [-0.2, 0) is 14.3 Å². The molecule has 0 bridgehead atoms. The molecule has 0 heterocycles. The zero-order valence-electron chi connectivity index (χ0n) is 19.1. The fourth-order valence-electron chi connectivity index (χ4n) is 2.83. The van der Waals surface area contributed by atoms with Crippen LogP contribution in [0.15, 0.2) is 0 Å². The van der Waals surface area contributed by atoms with Crippen LogP contribution in [-0.4, -0.2) is 89.3 Å². The van der Waals surface area contributed by atoms with E-state index in [4.69, 9.17) is 5.11 Å². The van der Waals surface area contributed by atoms with E-state index >= 15 is 0 Å². The lowest BCUT2D eigenvalue weighted by atomic mass is 9.74. The van der Waals surface area contributed by atoms with Crippen molar-refractivity contribution in [2.45, 2.75) is 79.0 Å². The zero-order chi connectivity index (χ0) is 33.7. The van der Waals surface area contributed by atoms with Gasteiger partial charge in [-0.25, -0.2) is 13.6 Å². The summed E-state index contributed by atoms with van der Waals surface area (Å²) >= 11 is 0. The van der Waals surface area contributed by atoms with Gasteiger partial charge >= 0.3 is 59.5 Å². The summed E-state index contributed by atoms with van der Waals surface area (Å²) in [4.78, 5) is 21.4. The molecule has 2 unspecified atom stereocenters. The Hall–Kier alpha value is -2.30. The maximum absolute atomic E-state index is 14.6. The van der Waals surface area contributed by atoms with Crippen molar-refractivity contribution < 1.29 is 107 Å². The average Bonchev–Trinajstić information content (AvgIpc) is 2.75. The van der Waals surface area contributed by atoms with Crippen molar-refractivity contribution in [3.63, 3.8) is 0 Å². The van der Waals surface area contributed by atoms with E-state index in [-0.39, 0.29) is 6.92 Å². The number of Topliss-reactive ketones (excluding diaryl/α,β-unsaturated/α-hetero) is 1. The number of aliphatic hydroxyl groups excluding tert-OH is 1. The van der Waals surface area contributed by atoms with E-state index in [0.717, 1.165) is 0 Å². The average molecular weight is 660 g/mol. The van der Waals surface area contributed by atoms with Gasteiger partial charge in [0.05, 0.1) is 6.61 Å². The van der Waals surface area contributed by atoms with Crippen LogP contribution in [0.2, 0.25) is 0 Å². The first-order valence-electron chi connectivity index (χ1n) is 9.70. The lowest BCUT2D eigenvalue weighted by Crippen LogP contribution is -2.81. The molecule has 0 rings (SSSR count). The fraction of sp³-hybridized carbons (Fsp3) is 0.882. The molecule has 1 N–H and O–H groups in total. The van der Waals surface area contributed by atoms with Gasteiger partial charge in [0.2, 0.25) is 5.78 Å². The largest absolute Gasteiger partial charge is 0.460 e. The molecule has 0 aliphatic carbocycles. The van der Waals surface area contributed by atoms with Gasteiger partial charge in [0.1, 0.15) is 0 Å². The highest BCUT2D eigenvalue weighted by Crippen LogP contribution is 2.68. The Balaban J connectivity index is 7.53. The van der Waals surface area contributed by atoms with Crippen molar-refractivity contribution >= 4 is 11.8 Å². The van der Waals surface area contributed by atoms with Crippen LogP contribution in [0, 0.1) is 0 Å². The van der Waals surface area contributed by atoms with Crippen LogP contribution >= 0.6 is 0 Å². The molecule has 0 aromatic heterocycles. The number of carbonyl (C=O) groups is 2. The predicted octanol–water partition coefficient (Wildman–Crippen LogP) is 6.24. The van der Waals surface area contributed by atoms with E-state index in [1.807, 2.05) is 0 Å². The van der Waals surface area contributed by atoms with E-state index < -0.39 is 97.0 Å². The van der Waals surface area contributed by atoms with Crippen LogP contribution in [0.1, 0.15) is 19.8 Å². The van der Waals surface area contributed by atoms with Crippen LogP contribution in [0.4, 0.5) is 87.8 Å². The highest BCUT2D eigenvalue weighted by molar-refractivity contribution is 6.32. The third-order valence-electron chi connectivity index (χ3n) is 5.24. The van der Waals surface area contributed by atoms with E-state index in [1.165, 1.54) is 0 Å². The topological polar surface area (TPSA) is 63.6 Å². The van der Waals surface area contributed by atoms with Gasteiger partial charge in [0.15, 0.2) is 0 Å². The molecule has 0 aliphatic rings. The number of hydrogen-bond acceptors (Lipinski definition) is 4. The van der Waals surface area contributed by atoms with Crippen LogP contribution < -0.4 is 0 Å². The van der Waals surface area contributed by atoms with Gasteiger partial charge in [-0.05, 0) is 0 Å². The summed E-state index contributed by atoms with van der Waals surface area (Å²) in [5, 5.41) is 8.14. The third kappa shape index (κ3) is 5.47. The molecule has 0 aliphatic heterocycles. The van der Waals surface area contributed by atoms with Crippen molar-refractivity contribution in [3.8, 4) is 0 Å². The number of halogens is 20. The van der Waals surface area contributed by atoms with Crippen LogP contribution in [0.25, 0.3) is 0 Å². The minimum atomic E-state index is -9.37. The Bertz CT molecular complexity index is 970. The number of aliphatic hydroxyl groups is 1. The maximum Gasteiger partial charge on any atom is 0.435 e. The van der Waals surface area contributed by atoms with E-state index in [0.29, 0.717) is 0 Å². The number of rotatable bonds is 13.